The van der Waals surface area contributed by atoms with Crippen molar-refractivity contribution >= 4 is 50.6 Å². The first kappa shape index (κ1) is 11.6. The quantitative estimate of drug-likeness (QED) is 0.768. The Morgan fingerprint density at radius 2 is 2.20 bits per heavy atom. The molecule has 0 bridgehead atoms. The maximum Gasteiger partial charge on any atom is 0.193 e. The van der Waals surface area contributed by atoms with E-state index in [0.29, 0.717) is 5.22 Å². The molecule has 80 valence electrons. The maximum absolute atomic E-state index is 5.68. The van der Waals surface area contributed by atoms with Gasteiger partial charge in [0, 0.05) is 15.1 Å². The van der Waals surface area contributed by atoms with Gasteiger partial charge in [-0.2, -0.15) is 0 Å². The highest BCUT2D eigenvalue weighted by molar-refractivity contribution is 9.10. The summed E-state index contributed by atoms with van der Waals surface area (Å²) in [5.74, 6) is 2.78. The standard InChI is InChI=1S/C10H8BrClOS2/c11-8-3-4-15-9(8)6-14-5-7-1-2-10(12)13-7/h1-4H,5-6H2. The van der Waals surface area contributed by atoms with Gasteiger partial charge in [0.15, 0.2) is 5.22 Å². The number of hydrogen-bond acceptors (Lipinski definition) is 3. The molecular formula is C10H8BrClOS2. The Labute approximate surface area is 110 Å². The Kier molecular flexibility index (Phi) is 4.20. The number of halogens is 2. The van der Waals surface area contributed by atoms with E-state index in [9.17, 15) is 0 Å². The molecule has 0 aliphatic carbocycles. The zero-order valence-electron chi connectivity index (χ0n) is 7.70. The van der Waals surface area contributed by atoms with Gasteiger partial charge in [0.05, 0.1) is 5.75 Å². The molecule has 0 saturated heterocycles. The second-order valence-corrected chi connectivity index (χ2v) is 6.10. The van der Waals surface area contributed by atoms with Crippen molar-refractivity contribution in [3.8, 4) is 0 Å². The molecule has 0 fully saturated rings. The van der Waals surface area contributed by atoms with Crippen LogP contribution >= 0.6 is 50.6 Å². The predicted molar refractivity (Wildman–Crippen MR) is 70.7 cm³/mol. The summed E-state index contributed by atoms with van der Waals surface area (Å²) in [5.41, 5.74) is 0. The second-order valence-electron chi connectivity index (χ2n) is 2.89. The molecule has 2 heterocycles. The summed E-state index contributed by atoms with van der Waals surface area (Å²) < 4.78 is 6.46. The van der Waals surface area contributed by atoms with Gasteiger partial charge in [0.1, 0.15) is 5.76 Å². The molecule has 0 saturated carbocycles. The van der Waals surface area contributed by atoms with Crippen LogP contribution in [0.4, 0.5) is 0 Å². The van der Waals surface area contributed by atoms with Crippen LogP contribution in [0, 0.1) is 0 Å². The van der Waals surface area contributed by atoms with Gasteiger partial charge in [-0.15, -0.1) is 23.1 Å². The molecule has 0 spiro atoms. The topological polar surface area (TPSA) is 13.1 Å². The highest BCUT2D eigenvalue weighted by atomic mass is 79.9. The fourth-order valence-electron chi connectivity index (χ4n) is 1.10. The summed E-state index contributed by atoms with van der Waals surface area (Å²) in [6, 6.07) is 5.77. The molecule has 0 N–H and O–H groups in total. The van der Waals surface area contributed by atoms with Crippen molar-refractivity contribution in [2.45, 2.75) is 11.5 Å². The minimum Gasteiger partial charge on any atom is -0.449 e. The summed E-state index contributed by atoms with van der Waals surface area (Å²) in [5, 5.41) is 2.55. The predicted octanol–water partition coefficient (Wildman–Crippen LogP) is 5.19. The summed E-state index contributed by atoms with van der Waals surface area (Å²) in [6.45, 7) is 0. The van der Waals surface area contributed by atoms with Crippen molar-refractivity contribution in [2.75, 3.05) is 0 Å². The van der Waals surface area contributed by atoms with Crippen LogP contribution in [0.1, 0.15) is 10.6 Å². The Morgan fingerprint density at radius 3 is 2.80 bits per heavy atom. The highest BCUT2D eigenvalue weighted by Gasteiger charge is 2.03. The monoisotopic (exact) mass is 322 g/mol. The number of thioether (sulfide) groups is 1. The molecule has 2 rings (SSSR count). The van der Waals surface area contributed by atoms with E-state index in [1.165, 1.54) is 9.35 Å². The molecule has 0 aliphatic rings. The van der Waals surface area contributed by atoms with Crippen molar-refractivity contribution in [1.82, 2.24) is 0 Å². The molecular weight excluding hydrogens is 316 g/mol. The van der Waals surface area contributed by atoms with Crippen LogP contribution < -0.4 is 0 Å². The molecule has 0 aliphatic heterocycles. The van der Waals surface area contributed by atoms with E-state index in [0.717, 1.165) is 17.3 Å². The second kappa shape index (κ2) is 5.43. The smallest absolute Gasteiger partial charge is 0.193 e. The van der Waals surface area contributed by atoms with Gasteiger partial charge < -0.3 is 4.42 Å². The van der Waals surface area contributed by atoms with Gasteiger partial charge in [0.25, 0.3) is 0 Å². The summed E-state index contributed by atoms with van der Waals surface area (Å²) in [4.78, 5) is 1.36. The van der Waals surface area contributed by atoms with E-state index in [4.69, 9.17) is 16.0 Å². The lowest BCUT2D eigenvalue weighted by molar-refractivity contribution is 0.532. The highest BCUT2D eigenvalue weighted by Crippen LogP contribution is 2.28. The molecule has 2 aromatic rings. The van der Waals surface area contributed by atoms with Gasteiger partial charge in [-0.05, 0) is 51.1 Å². The van der Waals surface area contributed by atoms with Crippen molar-refractivity contribution < 1.29 is 4.42 Å². The van der Waals surface area contributed by atoms with E-state index >= 15 is 0 Å². The fourth-order valence-corrected chi connectivity index (χ4v) is 4.05. The van der Waals surface area contributed by atoms with E-state index in [2.05, 4.69) is 27.4 Å². The lowest BCUT2D eigenvalue weighted by Crippen LogP contribution is -1.78. The lowest BCUT2D eigenvalue weighted by atomic mass is 10.5. The first-order valence-corrected chi connectivity index (χ1v) is 7.50. The zero-order chi connectivity index (χ0) is 10.7. The van der Waals surface area contributed by atoms with Crippen molar-refractivity contribution in [2.24, 2.45) is 0 Å². The van der Waals surface area contributed by atoms with Crippen LogP contribution in [0.3, 0.4) is 0 Å². The van der Waals surface area contributed by atoms with Crippen molar-refractivity contribution in [1.29, 1.82) is 0 Å². The van der Waals surface area contributed by atoms with Crippen molar-refractivity contribution in [3.05, 3.63) is 43.9 Å². The number of furan rings is 1. The van der Waals surface area contributed by atoms with Crippen LogP contribution in [-0.4, -0.2) is 0 Å². The van der Waals surface area contributed by atoms with Gasteiger partial charge in [-0.1, -0.05) is 0 Å². The molecule has 0 radical (unpaired) electrons. The van der Waals surface area contributed by atoms with E-state index in [1.807, 2.05) is 17.8 Å². The summed E-state index contributed by atoms with van der Waals surface area (Å²) >= 11 is 12.8. The molecule has 0 aromatic carbocycles. The molecule has 0 unspecified atom stereocenters. The Morgan fingerprint density at radius 1 is 1.33 bits per heavy atom. The Balaban J connectivity index is 1.83. The average molecular weight is 324 g/mol. The largest absolute Gasteiger partial charge is 0.449 e. The maximum atomic E-state index is 5.68. The zero-order valence-corrected chi connectivity index (χ0v) is 11.7. The number of thiophene rings is 1. The third-order valence-electron chi connectivity index (χ3n) is 1.80. The molecule has 0 atom stereocenters. The van der Waals surface area contributed by atoms with E-state index in [1.54, 1.807) is 17.4 Å². The van der Waals surface area contributed by atoms with Gasteiger partial charge in [-0.25, -0.2) is 0 Å². The molecule has 1 nitrogen and oxygen atoms in total. The van der Waals surface area contributed by atoms with Crippen LogP contribution in [0.2, 0.25) is 5.22 Å². The molecule has 5 heteroatoms. The Hall–Kier alpha value is 0.1000. The van der Waals surface area contributed by atoms with E-state index < -0.39 is 0 Å². The normalized spacial score (nSPS) is 10.8. The molecule has 2 aromatic heterocycles. The molecule has 0 amide bonds. The third-order valence-corrected chi connectivity index (χ3v) is 5.09. The van der Waals surface area contributed by atoms with Gasteiger partial charge >= 0.3 is 0 Å². The third kappa shape index (κ3) is 3.28. The van der Waals surface area contributed by atoms with Crippen LogP contribution in [0.15, 0.2) is 32.5 Å². The van der Waals surface area contributed by atoms with Crippen LogP contribution in [0.5, 0.6) is 0 Å². The number of rotatable bonds is 4. The summed E-state index contributed by atoms with van der Waals surface area (Å²) in [7, 11) is 0. The van der Waals surface area contributed by atoms with Gasteiger partial charge in [-0.3, -0.25) is 0 Å². The fraction of sp³-hybridized carbons (Fsp3) is 0.200. The first-order valence-electron chi connectivity index (χ1n) is 4.29. The minimum absolute atomic E-state index is 0.461. The number of hydrogen-bond donors (Lipinski definition) is 0. The SMILES string of the molecule is Clc1ccc(CSCc2sccc2Br)o1. The van der Waals surface area contributed by atoms with Gasteiger partial charge in [0.2, 0.25) is 0 Å². The lowest BCUT2D eigenvalue weighted by Gasteiger charge is -1.97. The summed E-state index contributed by atoms with van der Waals surface area (Å²) in [6.07, 6.45) is 0. The average Bonchev–Trinajstić information content (AvgIpc) is 2.77. The first-order chi connectivity index (χ1) is 7.25. The van der Waals surface area contributed by atoms with E-state index in [-0.39, 0.29) is 0 Å². The van der Waals surface area contributed by atoms with Crippen LogP contribution in [-0.2, 0) is 11.5 Å². The minimum atomic E-state index is 0.461. The Bertz CT molecular complexity index is 438. The molecule has 15 heavy (non-hydrogen) atoms. The van der Waals surface area contributed by atoms with Crippen LogP contribution in [0.25, 0.3) is 0 Å². The van der Waals surface area contributed by atoms with Crippen molar-refractivity contribution in [3.63, 3.8) is 0 Å².